The summed E-state index contributed by atoms with van der Waals surface area (Å²) in [6, 6.07) is 26.8. The van der Waals surface area contributed by atoms with E-state index in [1.807, 2.05) is 36.4 Å². The van der Waals surface area contributed by atoms with Gasteiger partial charge in [-0.3, -0.25) is 0 Å². The van der Waals surface area contributed by atoms with E-state index in [1.54, 1.807) is 72.9 Å². The normalized spacial score (nSPS) is 11.0. The molecule has 0 unspecified atom stereocenters. The molecule has 0 aliphatic rings. The molecule has 69 heavy (non-hydrogen) atoms. The van der Waals surface area contributed by atoms with Crippen molar-refractivity contribution in [2.24, 2.45) is 5.10 Å². The van der Waals surface area contributed by atoms with Crippen molar-refractivity contribution >= 4 is 56.8 Å². The third-order valence-corrected chi connectivity index (χ3v) is 11.3. The van der Waals surface area contributed by atoms with Crippen LogP contribution in [0.4, 0.5) is 5.13 Å². The van der Waals surface area contributed by atoms with Gasteiger partial charge in [0.15, 0.2) is 0 Å². The van der Waals surface area contributed by atoms with Crippen molar-refractivity contribution in [3.63, 3.8) is 0 Å². The smallest absolute Gasteiger partial charge is 0.343 e. The van der Waals surface area contributed by atoms with E-state index < -0.39 is 23.9 Å². The standard InChI is InChI=1S/C53H61N3O12S/c1-4-49(57)65-32-14-8-6-12-30-63-44-23-19-41(20-24-44)51(59)67-34-28-40-18-27-47(68-52(60)42-21-25-45(26-22-42)64-31-13-7-9-15-33-66-50(58)5-2)43(38-40)39-54-56(29-35-62-37-36-61-3)53-55-46-16-10-11-17-48(46)69-53/h4-5,10-11,16-27,38-39H,1-2,6-9,12-15,28-37H2,3H3/b54-39+. The average Bonchev–Trinajstić information content (AvgIpc) is 3.81. The Hall–Kier alpha value is -6.88. The number of rotatable bonds is 33. The first-order chi connectivity index (χ1) is 33.8. The van der Waals surface area contributed by atoms with Crippen LogP contribution in [0.3, 0.4) is 0 Å². The molecule has 366 valence electrons. The molecular formula is C53H61N3O12S. The summed E-state index contributed by atoms with van der Waals surface area (Å²) in [7, 11) is 1.62. The molecule has 0 aliphatic heterocycles. The molecule has 0 bridgehead atoms. The Bertz CT molecular complexity index is 2390. The minimum absolute atomic E-state index is 0.0951. The van der Waals surface area contributed by atoms with Crippen LogP contribution in [0.15, 0.2) is 121 Å². The van der Waals surface area contributed by atoms with Crippen molar-refractivity contribution in [1.82, 2.24) is 4.98 Å². The lowest BCUT2D eigenvalue weighted by Gasteiger charge is -2.16. The third kappa shape index (κ3) is 19.3. The fourth-order valence-electron chi connectivity index (χ4n) is 6.48. The third-order valence-electron chi connectivity index (χ3n) is 10.2. The Kier molecular flexibility index (Phi) is 23.5. The van der Waals surface area contributed by atoms with Gasteiger partial charge in [-0.05, 0) is 130 Å². The molecular weight excluding hydrogens is 903 g/mol. The van der Waals surface area contributed by atoms with Gasteiger partial charge < -0.3 is 37.9 Å². The molecule has 0 spiro atoms. The Balaban J connectivity index is 1.20. The maximum absolute atomic E-state index is 13.6. The first-order valence-electron chi connectivity index (χ1n) is 23.1. The number of esters is 4. The SMILES string of the molecule is C=CC(=O)OCCCCCCOc1ccc(C(=O)OCCc2ccc(OC(=O)c3ccc(OCCCCCCOC(=O)C=C)cc3)c(/C=N/N(CCOCCOC)c3nc4ccccc4s3)c2)cc1. The van der Waals surface area contributed by atoms with Gasteiger partial charge >= 0.3 is 23.9 Å². The molecule has 0 fully saturated rings. The molecule has 5 aromatic rings. The molecule has 15 nitrogen and oxygen atoms in total. The Morgan fingerprint density at radius 3 is 1.83 bits per heavy atom. The zero-order valence-corrected chi connectivity index (χ0v) is 40.0. The van der Waals surface area contributed by atoms with Gasteiger partial charge in [0, 0.05) is 31.2 Å². The van der Waals surface area contributed by atoms with E-state index >= 15 is 0 Å². The number of aromatic nitrogens is 1. The van der Waals surface area contributed by atoms with Crippen LogP contribution >= 0.6 is 11.3 Å². The summed E-state index contributed by atoms with van der Waals surface area (Å²) in [5.74, 6) is -0.319. The van der Waals surface area contributed by atoms with E-state index in [0.717, 1.165) is 79.3 Å². The number of fused-ring (bicyclic) bond motifs is 1. The number of carbonyl (C=O) groups excluding carboxylic acids is 4. The predicted molar refractivity (Wildman–Crippen MR) is 266 cm³/mol. The largest absolute Gasteiger partial charge is 0.494 e. The van der Waals surface area contributed by atoms with Gasteiger partial charge in [0.1, 0.15) is 17.2 Å². The molecule has 5 rings (SSSR count). The molecule has 0 radical (unpaired) electrons. The first kappa shape index (κ1) is 53.1. The molecule has 1 aromatic heterocycles. The van der Waals surface area contributed by atoms with E-state index in [0.29, 0.717) is 92.5 Å². The van der Waals surface area contributed by atoms with E-state index in [1.165, 1.54) is 11.3 Å². The highest BCUT2D eigenvalue weighted by molar-refractivity contribution is 7.22. The number of benzene rings is 4. The predicted octanol–water partition coefficient (Wildman–Crippen LogP) is 9.76. The summed E-state index contributed by atoms with van der Waals surface area (Å²) in [6.07, 6.45) is 11.2. The molecule has 4 aromatic carbocycles. The molecule has 16 heteroatoms. The van der Waals surface area contributed by atoms with E-state index in [9.17, 15) is 19.2 Å². The van der Waals surface area contributed by atoms with Gasteiger partial charge in [0.25, 0.3) is 0 Å². The van der Waals surface area contributed by atoms with Crippen molar-refractivity contribution in [2.45, 2.75) is 57.8 Å². The Morgan fingerprint density at radius 1 is 0.638 bits per heavy atom. The fourth-order valence-corrected chi connectivity index (χ4v) is 7.43. The lowest BCUT2D eigenvalue weighted by atomic mass is 10.1. The van der Waals surface area contributed by atoms with E-state index in [-0.39, 0.29) is 12.4 Å². The Morgan fingerprint density at radius 2 is 1.23 bits per heavy atom. The van der Waals surface area contributed by atoms with Crippen molar-refractivity contribution in [2.75, 3.05) is 71.5 Å². The topological polar surface area (TPSA) is 171 Å². The number of nitrogens with zero attached hydrogens (tertiary/aromatic N) is 3. The number of anilines is 1. The molecule has 1 heterocycles. The lowest BCUT2D eigenvalue weighted by Crippen LogP contribution is -2.23. The number of hydrogen-bond donors (Lipinski definition) is 0. The fraction of sp³-hybridized carbons (Fsp3) is 0.358. The minimum Gasteiger partial charge on any atom is -0.494 e. The summed E-state index contributed by atoms with van der Waals surface area (Å²) < 4.78 is 45.3. The van der Waals surface area contributed by atoms with Gasteiger partial charge in [-0.15, -0.1) is 0 Å². The van der Waals surface area contributed by atoms with Crippen molar-refractivity contribution < 1.29 is 57.1 Å². The molecule has 0 aliphatic carbocycles. The van der Waals surface area contributed by atoms with Crippen LogP contribution in [-0.4, -0.2) is 102 Å². The molecule has 0 saturated heterocycles. The quantitative estimate of drug-likeness (QED) is 0.00740. The lowest BCUT2D eigenvalue weighted by molar-refractivity contribution is -0.138. The van der Waals surface area contributed by atoms with Crippen molar-refractivity contribution in [3.05, 3.63) is 139 Å². The van der Waals surface area contributed by atoms with Crippen LogP contribution in [0, 0.1) is 0 Å². The molecule has 0 N–H and O–H groups in total. The van der Waals surface area contributed by atoms with Crippen LogP contribution in [0.25, 0.3) is 10.2 Å². The van der Waals surface area contributed by atoms with Crippen molar-refractivity contribution in [3.8, 4) is 17.2 Å². The van der Waals surface area contributed by atoms with E-state index in [4.69, 9.17) is 48.0 Å². The van der Waals surface area contributed by atoms with Crippen molar-refractivity contribution in [1.29, 1.82) is 0 Å². The summed E-state index contributed by atoms with van der Waals surface area (Å²) >= 11 is 1.50. The highest BCUT2D eigenvalue weighted by Gasteiger charge is 2.16. The molecule has 0 amide bonds. The summed E-state index contributed by atoms with van der Waals surface area (Å²) in [5, 5.41) is 7.25. The second kappa shape index (κ2) is 30.5. The van der Waals surface area contributed by atoms with Crippen LogP contribution in [0.2, 0.25) is 0 Å². The highest BCUT2D eigenvalue weighted by Crippen LogP contribution is 2.29. The number of hydrazone groups is 1. The number of para-hydroxylation sites is 1. The summed E-state index contributed by atoms with van der Waals surface area (Å²) in [4.78, 5) is 53.7. The van der Waals surface area contributed by atoms with Gasteiger partial charge in [-0.25, -0.2) is 29.2 Å². The average molecular weight is 964 g/mol. The monoisotopic (exact) mass is 963 g/mol. The molecule has 0 atom stereocenters. The highest BCUT2D eigenvalue weighted by atomic mass is 32.1. The van der Waals surface area contributed by atoms with Gasteiger partial charge in [-0.1, -0.05) is 42.7 Å². The zero-order valence-electron chi connectivity index (χ0n) is 39.2. The van der Waals surface area contributed by atoms with Crippen LogP contribution in [-0.2, 0) is 39.7 Å². The maximum atomic E-state index is 13.6. The van der Waals surface area contributed by atoms with Crippen LogP contribution in [0.5, 0.6) is 17.2 Å². The van der Waals surface area contributed by atoms with Gasteiger partial charge in [-0.2, -0.15) is 5.10 Å². The number of hydrogen-bond acceptors (Lipinski definition) is 16. The van der Waals surface area contributed by atoms with Crippen LogP contribution in [0.1, 0.15) is 83.2 Å². The van der Waals surface area contributed by atoms with Crippen LogP contribution < -0.4 is 19.2 Å². The molecule has 0 saturated carbocycles. The zero-order chi connectivity index (χ0) is 48.9. The number of thiazole rings is 1. The number of unbranched alkanes of at least 4 members (excludes halogenated alkanes) is 6. The second-order valence-corrected chi connectivity index (χ2v) is 16.4. The minimum atomic E-state index is -0.568. The van der Waals surface area contributed by atoms with Gasteiger partial charge in [0.2, 0.25) is 5.13 Å². The summed E-state index contributed by atoms with van der Waals surface area (Å²) in [5.41, 5.74) is 2.90. The number of carbonyl (C=O) groups is 4. The number of methoxy groups -OCH3 is 1. The van der Waals surface area contributed by atoms with Gasteiger partial charge in [0.05, 0.1) is 87.0 Å². The maximum Gasteiger partial charge on any atom is 0.343 e. The van der Waals surface area contributed by atoms with E-state index in [2.05, 4.69) is 13.2 Å². The first-order valence-corrected chi connectivity index (χ1v) is 23.9. The number of ether oxygens (including phenoxy) is 8. The Labute approximate surface area is 407 Å². The summed E-state index contributed by atoms with van der Waals surface area (Å²) in [6.45, 7) is 10.3. The second-order valence-electron chi connectivity index (χ2n) is 15.4.